The summed E-state index contributed by atoms with van der Waals surface area (Å²) in [4.78, 5) is 46.6. The maximum atomic E-state index is 11.8. The molecule has 310 valence electrons. The third kappa shape index (κ3) is 24.8. The van der Waals surface area contributed by atoms with Gasteiger partial charge in [0.05, 0.1) is 26.4 Å². The Morgan fingerprint density at radius 3 is 1.35 bits per heavy atom. The van der Waals surface area contributed by atoms with Crippen LogP contribution < -0.4 is 14.8 Å². The fourth-order valence-corrected chi connectivity index (χ4v) is 4.00. The summed E-state index contributed by atoms with van der Waals surface area (Å²) in [6.07, 6.45) is 8.81. The first kappa shape index (κ1) is 48.9. The number of nitrogens with zero attached hydrogens (tertiary/aromatic N) is 1. The number of phenols is 1. The van der Waals surface area contributed by atoms with E-state index in [2.05, 4.69) is 5.32 Å². The number of hydrogen-bond acceptors (Lipinski definition) is 12. The largest absolute Gasteiger partial charge is 0.508 e. The predicted molar refractivity (Wildman–Crippen MR) is 222 cm³/mol. The molecule has 0 fully saturated rings. The second-order valence-electron chi connectivity index (χ2n) is 12.7. The first-order valence-electron chi connectivity index (χ1n) is 18.6. The molecule has 0 atom stereocenters. The van der Waals surface area contributed by atoms with Crippen LogP contribution >= 0.6 is 0 Å². The summed E-state index contributed by atoms with van der Waals surface area (Å²) in [5.74, 6) is 0.656. The fourth-order valence-electron chi connectivity index (χ4n) is 4.00. The van der Waals surface area contributed by atoms with E-state index < -0.39 is 5.60 Å². The topological polar surface area (TPSA) is 159 Å². The minimum atomic E-state index is -0.515. The number of nitrogens with one attached hydrogen (secondary N) is 1. The Bertz CT molecular complexity index is 1690. The normalized spacial score (nSPS) is 10.8. The average Bonchev–Trinajstić information content (AvgIpc) is 3.17. The molecule has 0 aliphatic heterocycles. The van der Waals surface area contributed by atoms with E-state index in [0.717, 1.165) is 29.0 Å². The maximum Gasteiger partial charge on any atom is 0.410 e. The van der Waals surface area contributed by atoms with E-state index in [1.54, 1.807) is 82.4 Å². The van der Waals surface area contributed by atoms with Gasteiger partial charge in [0.25, 0.3) is 0 Å². The van der Waals surface area contributed by atoms with E-state index in [1.807, 2.05) is 64.2 Å². The highest BCUT2D eigenvalue weighted by Gasteiger charge is 2.19. The molecular weight excluding hydrogens is 732 g/mol. The number of benzene rings is 3. The summed E-state index contributed by atoms with van der Waals surface area (Å²) in [6, 6.07) is 21.4. The minimum Gasteiger partial charge on any atom is -0.508 e. The number of phenolic OH excluding ortho intramolecular Hbond substituents is 1. The molecule has 0 aliphatic rings. The van der Waals surface area contributed by atoms with E-state index in [9.17, 15) is 19.2 Å². The van der Waals surface area contributed by atoms with Gasteiger partial charge in [0.1, 0.15) is 36.1 Å². The van der Waals surface area contributed by atoms with Crippen LogP contribution in [0.4, 0.5) is 4.79 Å². The number of carbonyl (C=O) groups excluding carboxylic acids is 4. The van der Waals surface area contributed by atoms with Gasteiger partial charge in [0, 0.05) is 31.8 Å². The van der Waals surface area contributed by atoms with Crippen molar-refractivity contribution < 1.29 is 52.7 Å². The third-order valence-electron chi connectivity index (χ3n) is 6.77. The molecule has 0 bridgehead atoms. The summed E-state index contributed by atoms with van der Waals surface area (Å²) in [7, 11) is 3.55. The molecule has 3 aromatic carbocycles. The number of hydrogen-bond donors (Lipinski definition) is 2. The quantitative estimate of drug-likeness (QED) is 0.0608. The summed E-state index contributed by atoms with van der Waals surface area (Å²) in [6.45, 7) is 14.1. The van der Waals surface area contributed by atoms with Gasteiger partial charge >= 0.3 is 24.0 Å². The molecule has 2 N–H and O–H groups in total. The lowest BCUT2D eigenvalue weighted by Crippen LogP contribution is -2.36. The van der Waals surface area contributed by atoms with Crippen molar-refractivity contribution in [1.29, 1.82) is 0 Å². The van der Waals surface area contributed by atoms with Crippen molar-refractivity contribution in [2.75, 3.05) is 60.2 Å². The second kappa shape index (κ2) is 28.3. The SMILES string of the molecule is CCOC(=O)/C=C\c1ccc(O)cc1.CCOC(=O)/C=C\c1ccc(OCCN(C)C(=O)OC(C)(C)C)cc1.CCOC(=O)/C=C\c1ccc(OCCNC)cc1. The van der Waals surface area contributed by atoms with Crippen LogP contribution in [0.15, 0.2) is 91.0 Å². The van der Waals surface area contributed by atoms with Gasteiger partial charge in [0.15, 0.2) is 0 Å². The summed E-state index contributed by atoms with van der Waals surface area (Å²) < 4.78 is 30.7. The Kier molecular flexibility index (Phi) is 24.3. The van der Waals surface area contributed by atoms with Gasteiger partial charge < -0.3 is 43.7 Å². The third-order valence-corrected chi connectivity index (χ3v) is 6.77. The highest BCUT2D eigenvalue weighted by Crippen LogP contribution is 2.15. The molecule has 0 saturated carbocycles. The van der Waals surface area contributed by atoms with Crippen molar-refractivity contribution >= 4 is 42.2 Å². The van der Waals surface area contributed by atoms with Crippen LogP contribution in [-0.2, 0) is 33.3 Å². The molecule has 3 aromatic rings. The lowest BCUT2D eigenvalue weighted by Gasteiger charge is -2.24. The van der Waals surface area contributed by atoms with E-state index in [4.69, 9.17) is 33.5 Å². The molecule has 0 heterocycles. The Balaban J connectivity index is 0.000000447. The van der Waals surface area contributed by atoms with Crippen molar-refractivity contribution in [3.63, 3.8) is 0 Å². The van der Waals surface area contributed by atoms with Gasteiger partial charge in [-0.2, -0.15) is 0 Å². The van der Waals surface area contributed by atoms with Gasteiger partial charge in [0.2, 0.25) is 0 Å². The van der Waals surface area contributed by atoms with Gasteiger partial charge in [-0.1, -0.05) is 36.4 Å². The molecule has 13 nitrogen and oxygen atoms in total. The van der Waals surface area contributed by atoms with E-state index in [-0.39, 0.29) is 29.8 Å². The van der Waals surface area contributed by atoms with Gasteiger partial charge in [-0.15, -0.1) is 0 Å². The highest BCUT2D eigenvalue weighted by atomic mass is 16.6. The summed E-state index contributed by atoms with van der Waals surface area (Å²) >= 11 is 0. The van der Waals surface area contributed by atoms with Crippen LogP contribution in [0, 0.1) is 0 Å². The van der Waals surface area contributed by atoms with Crippen LogP contribution in [0.2, 0.25) is 0 Å². The van der Waals surface area contributed by atoms with Crippen LogP contribution in [0.5, 0.6) is 17.2 Å². The van der Waals surface area contributed by atoms with E-state index >= 15 is 0 Å². The monoisotopic (exact) mass is 790 g/mol. The molecule has 0 aliphatic carbocycles. The maximum absolute atomic E-state index is 11.8. The molecule has 0 saturated heterocycles. The van der Waals surface area contributed by atoms with E-state index in [0.29, 0.717) is 45.3 Å². The summed E-state index contributed by atoms with van der Waals surface area (Å²) in [5, 5.41) is 12.0. The summed E-state index contributed by atoms with van der Waals surface area (Å²) in [5.41, 5.74) is 2.13. The molecule has 0 unspecified atom stereocenters. The fraction of sp³-hybridized carbons (Fsp3) is 0.364. The first-order valence-corrected chi connectivity index (χ1v) is 18.6. The molecule has 3 rings (SSSR count). The minimum absolute atomic E-state index is 0.207. The van der Waals surface area contributed by atoms with Gasteiger partial charge in [-0.3, -0.25) is 0 Å². The Labute approximate surface area is 336 Å². The molecule has 0 radical (unpaired) electrons. The average molecular weight is 791 g/mol. The molecular formula is C44H58N2O11. The number of carbonyl (C=O) groups is 4. The Hall–Kier alpha value is -6.08. The number of amides is 1. The predicted octanol–water partition coefficient (Wildman–Crippen LogP) is 7.34. The van der Waals surface area contributed by atoms with Crippen molar-refractivity contribution in [3.8, 4) is 17.2 Å². The lowest BCUT2D eigenvalue weighted by molar-refractivity contribution is -0.138. The molecule has 0 spiro atoms. The van der Waals surface area contributed by atoms with Crippen LogP contribution in [-0.4, -0.2) is 99.8 Å². The molecule has 1 amide bonds. The zero-order valence-electron chi connectivity index (χ0n) is 34.3. The number of rotatable bonds is 17. The standard InChI is InChI=1S/C19H27NO5.C14H19NO3.C11H12O3/c1-6-23-17(21)12-9-15-7-10-16(11-8-15)24-14-13-20(5)18(22)25-19(2,3)4;1-3-17-14(16)9-6-12-4-7-13(8-5-12)18-11-10-15-2;1-2-14-11(13)8-5-9-3-6-10(12)7-4-9/h7-12H,6,13-14H2,1-5H3;4-9,15H,3,10-11H2,1-2H3;3-8,12H,2H2,1H3/b12-9-;9-6-;8-5-. The van der Waals surface area contributed by atoms with Crippen LogP contribution in [0.3, 0.4) is 0 Å². The smallest absolute Gasteiger partial charge is 0.410 e. The molecule has 0 aromatic heterocycles. The van der Waals surface area contributed by atoms with Gasteiger partial charge in [-0.05, 0) is 120 Å². The Morgan fingerprint density at radius 2 is 1.00 bits per heavy atom. The molecule has 57 heavy (non-hydrogen) atoms. The van der Waals surface area contributed by atoms with Crippen LogP contribution in [0.25, 0.3) is 18.2 Å². The Morgan fingerprint density at radius 1 is 0.632 bits per heavy atom. The number of ether oxygens (including phenoxy) is 6. The van der Waals surface area contributed by atoms with Gasteiger partial charge in [-0.25, -0.2) is 19.2 Å². The first-order chi connectivity index (χ1) is 27.2. The van der Waals surface area contributed by atoms with Crippen molar-refractivity contribution in [2.24, 2.45) is 0 Å². The van der Waals surface area contributed by atoms with Crippen molar-refractivity contribution in [2.45, 2.75) is 47.1 Å². The van der Waals surface area contributed by atoms with Crippen LogP contribution in [0.1, 0.15) is 58.2 Å². The number of likely N-dealkylation sites (N-methyl/N-ethyl adjacent to an activating group) is 2. The zero-order chi connectivity index (χ0) is 42.5. The van der Waals surface area contributed by atoms with Crippen molar-refractivity contribution in [1.82, 2.24) is 10.2 Å². The zero-order valence-corrected chi connectivity index (χ0v) is 34.3. The lowest BCUT2D eigenvalue weighted by atomic mass is 10.2. The van der Waals surface area contributed by atoms with E-state index in [1.165, 1.54) is 23.1 Å². The van der Waals surface area contributed by atoms with Crippen molar-refractivity contribution in [3.05, 3.63) is 108 Å². The number of esters is 3. The molecule has 13 heteroatoms. The highest BCUT2D eigenvalue weighted by molar-refractivity contribution is 5.88. The number of aromatic hydroxyl groups is 1. The second-order valence-corrected chi connectivity index (χ2v) is 12.7.